The van der Waals surface area contributed by atoms with Crippen molar-refractivity contribution in [1.29, 1.82) is 0 Å². The van der Waals surface area contributed by atoms with Crippen molar-refractivity contribution in [2.75, 3.05) is 7.11 Å². The van der Waals surface area contributed by atoms with E-state index in [4.69, 9.17) is 9.15 Å². The van der Waals surface area contributed by atoms with Gasteiger partial charge in [-0.3, -0.25) is 4.79 Å². The summed E-state index contributed by atoms with van der Waals surface area (Å²) < 4.78 is 10.3. The molecule has 22 heavy (non-hydrogen) atoms. The first kappa shape index (κ1) is 14.1. The van der Waals surface area contributed by atoms with Crippen molar-refractivity contribution in [1.82, 2.24) is 0 Å². The molecule has 2 aromatic carbocycles. The molecule has 0 fully saturated rings. The highest BCUT2D eigenvalue weighted by atomic mass is 16.5. The Labute approximate surface area is 127 Å². The average Bonchev–Trinajstić information content (AvgIpc) is 2.55. The zero-order valence-electron chi connectivity index (χ0n) is 12.0. The van der Waals surface area contributed by atoms with Crippen LogP contribution >= 0.6 is 0 Å². The van der Waals surface area contributed by atoms with Crippen LogP contribution in [0.25, 0.3) is 10.8 Å². The van der Waals surface area contributed by atoms with Crippen LogP contribution in [0.1, 0.15) is 16.1 Å². The molecule has 110 valence electrons. The molecule has 0 atom stereocenters. The molecule has 4 heteroatoms. The summed E-state index contributed by atoms with van der Waals surface area (Å²) in [6.07, 6.45) is 0.0480. The van der Waals surface area contributed by atoms with Crippen LogP contribution in [0.5, 0.6) is 5.75 Å². The van der Waals surface area contributed by atoms with Crippen LogP contribution in [0.2, 0.25) is 0 Å². The fourth-order valence-electron chi connectivity index (χ4n) is 2.31. The molecule has 0 bridgehead atoms. The maximum Gasteiger partial charge on any atom is 0.343 e. The minimum atomic E-state index is -0.421. The molecule has 4 nitrogen and oxygen atoms in total. The van der Waals surface area contributed by atoms with Gasteiger partial charge in [-0.2, -0.15) is 0 Å². The molecule has 1 aromatic heterocycles. The molecule has 0 aliphatic heterocycles. The molecule has 0 aliphatic carbocycles. The van der Waals surface area contributed by atoms with Crippen LogP contribution in [0, 0.1) is 0 Å². The van der Waals surface area contributed by atoms with E-state index in [9.17, 15) is 9.59 Å². The number of methoxy groups -OCH3 is 1. The molecule has 0 N–H and O–H groups in total. The van der Waals surface area contributed by atoms with Crippen LogP contribution in [0.4, 0.5) is 0 Å². The predicted octanol–water partition coefficient (Wildman–Crippen LogP) is 3.23. The standard InChI is InChI=1S/C18H14O4/c1-21-14-8-6-12(7-9-14)17(19)11-15-10-13-4-2-3-5-16(13)18(20)22-15/h2-10H,11H2,1H3. The van der Waals surface area contributed by atoms with Gasteiger partial charge in [0.15, 0.2) is 5.78 Å². The lowest BCUT2D eigenvalue weighted by molar-refractivity contribution is 0.0986. The number of benzene rings is 2. The molecule has 0 radical (unpaired) electrons. The van der Waals surface area contributed by atoms with E-state index in [1.165, 1.54) is 0 Å². The molecule has 3 rings (SSSR count). The number of Topliss-reactive ketones (excluding diaryl/α,β-unsaturated/α-hetero) is 1. The van der Waals surface area contributed by atoms with Gasteiger partial charge in [-0.25, -0.2) is 4.79 Å². The van der Waals surface area contributed by atoms with Crippen molar-refractivity contribution < 1.29 is 13.9 Å². The Balaban J connectivity index is 1.88. The third kappa shape index (κ3) is 2.76. The molecule has 0 amide bonds. The van der Waals surface area contributed by atoms with Crippen molar-refractivity contribution in [2.45, 2.75) is 6.42 Å². The van der Waals surface area contributed by atoms with Gasteiger partial charge in [-0.15, -0.1) is 0 Å². The summed E-state index contributed by atoms with van der Waals surface area (Å²) >= 11 is 0. The molecule has 0 aliphatic rings. The first-order valence-electron chi connectivity index (χ1n) is 6.86. The van der Waals surface area contributed by atoms with Gasteiger partial charge >= 0.3 is 5.63 Å². The lowest BCUT2D eigenvalue weighted by atomic mass is 10.1. The van der Waals surface area contributed by atoms with Crippen molar-refractivity contribution in [2.24, 2.45) is 0 Å². The number of ketones is 1. The van der Waals surface area contributed by atoms with E-state index in [0.29, 0.717) is 22.5 Å². The molecular formula is C18H14O4. The second-order valence-electron chi connectivity index (χ2n) is 4.92. The van der Waals surface area contributed by atoms with Gasteiger partial charge in [0.05, 0.1) is 18.9 Å². The van der Waals surface area contributed by atoms with Gasteiger partial charge in [-0.05, 0) is 41.8 Å². The van der Waals surface area contributed by atoms with E-state index in [1.807, 2.05) is 12.1 Å². The quantitative estimate of drug-likeness (QED) is 0.693. The number of carbonyl (C=O) groups excluding carboxylic acids is 1. The molecule has 0 unspecified atom stereocenters. The molecule has 0 saturated heterocycles. The SMILES string of the molecule is COc1ccc(C(=O)Cc2cc3ccccc3c(=O)o2)cc1. The van der Waals surface area contributed by atoms with Crippen molar-refractivity contribution in [3.63, 3.8) is 0 Å². The van der Waals surface area contributed by atoms with Crippen molar-refractivity contribution >= 4 is 16.6 Å². The van der Waals surface area contributed by atoms with Crippen LogP contribution in [0.15, 0.2) is 63.8 Å². The van der Waals surface area contributed by atoms with E-state index in [2.05, 4.69) is 0 Å². The van der Waals surface area contributed by atoms with E-state index in [-0.39, 0.29) is 12.2 Å². The maximum absolute atomic E-state index is 12.3. The number of carbonyl (C=O) groups is 1. The highest BCUT2D eigenvalue weighted by molar-refractivity contribution is 5.97. The first-order chi connectivity index (χ1) is 10.7. The zero-order valence-corrected chi connectivity index (χ0v) is 12.0. The summed E-state index contributed by atoms with van der Waals surface area (Å²) in [5.41, 5.74) is 0.132. The van der Waals surface area contributed by atoms with E-state index < -0.39 is 5.63 Å². The van der Waals surface area contributed by atoms with Gasteiger partial charge in [0, 0.05) is 5.56 Å². The Morgan fingerprint density at radius 3 is 2.55 bits per heavy atom. The molecule has 1 heterocycles. The van der Waals surface area contributed by atoms with E-state index >= 15 is 0 Å². The van der Waals surface area contributed by atoms with Gasteiger partial charge in [-0.1, -0.05) is 18.2 Å². The Kier molecular flexibility index (Phi) is 3.74. The number of fused-ring (bicyclic) bond motifs is 1. The van der Waals surface area contributed by atoms with E-state index in [1.54, 1.807) is 49.6 Å². The number of hydrogen-bond donors (Lipinski definition) is 0. The van der Waals surface area contributed by atoms with Gasteiger partial charge in [0.2, 0.25) is 0 Å². The smallest absolute Gasteiger partial charge is 0.343 e. The summed E-state index contributed by atoms with van der Waals surface area (Å²) in [5, 5.41) is 1.29. The van der Waals surface area contributed by atoms with Crippen LogP contribution in [0.3, 0.4) is 0 Å². The van der Waals surface area contributed by atoms with Crippen LogP contribution in [-0.4, -0.2) is 12.9 Å². The third-order valence-electron chi connectivity index (χ3n) is 3.47. The summed E-state index contributed by atoms with van der Waals surface area (Å²) in [6.45, 7) is 0. The minimum Gasteiger partial charge on any atom is -0.497 e. The normalized spacial score (nSPS) is 10.6. The van der Waals surface area contributed by atoms with E-state index in [0.717, 1.165) is 5.39 Å². The second-order valence-corrected chi connectivity index (χ2v) is 4.92. The monoisotopic (exact) mass is 294 g/mol. The molecule has 0 spiro atoms. The fourth-order valence-corrected chi connectivity index (χ4v) is 2.31. The highest BCUT2D eigenvalue weighted by Crippen LogP contribution is 2.16. The number of hydrogen-bond acceptors (Lipinski definition) is 4. The lowest BCUT2D eigenvalue weighted by Gasteiger charge is -2.04. The van der Waals surface area contributed by atoms with Gasteiger partial charge in [0.1, 0.15) is 11.5 Å². The fraction of sp³-hybridized carbons (Fsp3) is 0.111. The predicted molar refractivity (Wildman–Crippen MR) is 83.5 cm³/mol. The lowest BCUT2D eigenvalue weighted by Crippen LogP contribution is -2.07. The maximum atomic E-state index is 12.3. The van der Waals surface area contributed by atoms with Crippen LogP contribution < -0.4 is 10.4 Å². The highest BCUT2D eigenvalue weighted by Gasteiger charge is 2.11. The van der Waals surface area contributed by atoms with Gasteiger partial charge < -0.3 is 9.15 Å². The largest absolute Gasteiger partial charge is 0.497 e. The minimum absolute atomic E-state index is 0.0480. The molecule has 3 aromatic rings. The Morgan fingerprint density at radius 1 is 1.09 bits per heavy atom. The Morgan fingerprint density at radius 2 is 1.82 bits per heavy atom. The second kappa shape index (κ2) is 5.85. The van der Waals surface area contributed by atoms with Crippen molar-refractivity contribution in [3.05, 3.63) is 76.3 Å². The summed E-state index contributed by atoms with van der Waals surface area (Å²) in [7, 11) is 1.57. The van der Waals surface area contributed by atoms with Gasteiger partial charge in [0.25, 0.3) is 0 Å². The Bertz CT molecular complexity index is 875. The third-order valence-corrected chi connectivity index (χ3v) is 3.47. The first-order valence-corrected chi connectivity index (χ1v) is 6.86. The molecular weight excluding hydrogens is 280 g/mol. The van der Waals surface area contributed by atoms with Crippen LogP contribution in [-0.2, 0) is 6.42 Å². The zero-order chi connectivity index (χ0) is 15.5. The summed E-state index contributed by atoms with van der Waals surface area (Å²) in [4.78, 5) is 24.2. The summed E-state index contributed by atoms with van der Waals surface area (Å²) in [6, 6.07) is 15.7. The summed E-state index contributed by atoms with van der Waals surface area (Å²) in [5.74, 6) is 0.944. The number of ether oxygens (including phenoxy) is 1. The number of rotatable bonds is 4. The molecule has 0 saturated carbocycles. The topological polar surface area (TPSA) is 56.5 Å². The Hall–Kier alpha value is -2.88. The average molecular weight is 294 g/mol. The van der Waals surface area contributed by atoms with Crippen molar-refractivity contribution in [3.8, 4) is 5.75 Å².